The number of halogens is 1. The molecule has 0 radical (unpaired) electrons. The highest BCUT2D eigenvalue weighted by Crippen LogP contribution is 2.29. The molecule has 0 aliphatic carbocycles. The fourth-order valence-electron chi connectivity index (χ4n) is 2.97. The Bertz CT molecular complexity index is 1020. The lowest BCUT2D eigenvalue weighted by molar-refractivity contribution is 0.111. The largest absolute Gasteiger partial charge is 0.335 e. The molecule has 0 amide bonds. The molecule has 2 aromatic heterocycles. The van der Waals surface area contributed by atoms with Gasteiger partial charge in [0.25, 0.3) is 0 Å². The summed E-state index contributed by atoms with van der Waals surface area (Å²) in [5.41, 5.74) is 3.45. The average Bonchev–Trinajstić information content (AvgIpc) is 2.90. The summed E-state index contributed by atoms with van der Waals surface area (Å²) in [4.78, 5) is 15.2. The van der Waals surface area contributed by atoms with Crippen LogP contribution in [0.5, 0.6) is 0 Å². The summed E-state index contributed by atoms with van der Waals surface area (Å²) in [5, 5.41) is 2.08. The predicted octanol–water partition coefficient (Wildman–Crippen LogP) is 4.19. The number of aromatic nitrogens is 2. The summed E-state index contributed by atoms with van der Waals surface area (Å²) in [6.07, 6.45) is 2.48. The van der Waals surface area contributed by atoms with Crippen molar-refractivity contribution in [2.75, 3.05) is 0 Å². The van der Waals surface area contributed by atoms with Crippen molar-refractivity contribution in [1.29, 1.82) is 0 Å². The van der Waals surface area contributed by atoms with E-state index in [0.717, 1.165) is 33.7 Å². The summed E-state index contributed by atoms with van der Waals surface area (Å²) in [5.74, 6) is -0.242. The van der Waals surface area contributed by atoms with Crippen LogP contribution in [-0.4, -0.2) is 15.8 Å². The number of hydrogen-bond donors (Lipinski definition) is 0. The Labute approximate surface area is 132 Å². The van der Waals surface area contributed by atoms with Crippen molar-refractivity contribution in [3.05, 3.63) is 77.9 Å². The van der Waals surface area contributed by atoms with E-state index in [1.54, 1.807) is 18.3 Å². The third-order valence-electron chi connectivity index (χ3n) is 4.05. The summed E-state index contributed by atoms with van der Waals surface area (Å²) in [6, 6.07) is 16.3. The molecule has 0 N–H and O–H groups in total. The minimum Gasteiger partial charge on any atom is -0.335 e. The van der Waals surface area contributed by atoms with Gasteiger partial charge in [-0.2, -0.15) is 0 Å². The zero-order valence-corrected chi connectivity index (χ0v) is 12.2. The van der Waals surface area contributed by atoms with Crippen molar-refractivity contribution < 1.29 is 9.18 Å². The first-order chi connectivity index (χ1) is 11.3. The molecular weight excluding hydrogens is 291 g/mol. The van der Waals surface area contributed by atoms with E-state index in [9.17, 15) is 9.18 Å². The molecular formula is C19H13FN2O. The second-order valence-electron chi connectivity index (χ2n) is 5.47. The van der Waals surface area contributed by atoms with Gasteiger partial charge >= 0.3 is 0 Å². The topological polar surface area (TPSA) is 34.9 Å². The van der Waals surface area contributed by atoms with Gasteiger partial charge in [-0.3, -0.25) is 9.78 Å². The van der Waals surface area contributed by atoms with E-state index in [-0.39, 0.29) is 5.82 Å². The number of para-hydroxylation sites is 1. The van der Waals surface area contributed by atoms with Crippen LogP contribution in [0.15, 0.2) is 60.8 Å². The van der Waals surface area contributed by atoms with Gasteiger partial charge in [0.1, 0.15) is 11.5 Å². The van der Waals surface area contributed by atoms with Crippen LogP contribution in [-0.2, 0) is 6.54 Å². The van der Waals surface area contributed by atoms with Gasteiger partial charge in [-0.25, -0.2) is 4.39 Å². The predicted molar refractivity (Wildman–Crippen MR) is 88.1 cm³/mol. The number of aldehydes is 1. The second-order valence-corrected chi connectivity index (χ2v) is 5.47. The first kappa shape index (κ1) is 13.6. The summed E-state index contributed by atoms with van der Waals surface area (Å²) in [7, 11) is 0. The summed E-state index contributed by atoms with van der Waals surface area (Å²) < 4.78 is 15.2. The molecule has 0 atom stereocenters. The van der Waals surface area contributed by atoms with E-state index < -0.39 is 0 Å². The standard InChI is InChI=1S/C19H13FN2O/c20-14-7-5-13(6-8-14)11-22-18-4-2-1-3-16(18)17-9-15(12-23)21-10-19(17)22/h1-10,12H,11H2. The maximum atomic E-state index is 13.1. The zero-order chi connectivity index (χ0) is 15.8. The van der Waals surface area contributed by atoms with E-state index in [0.29, 0.717) is 12.2 Å². The lowest BCUT2D eigenvalue weighted by atomic mass is 10.2. The monoisotopic (exact) mass is 304 g/mol. The molecule has 0 saturated carbocycles. The third-order valence-corrected chi connectivity index (χ3v) is 4.05. The molecule has 0 spiro atoms. The Morgan fingerprint density at radius 3 is 2.57 bits per heavy atom. The summed E-state index contributed by atoms with van der Waals surface area (Å²) in [6.45, 7) is 0.617. The second kappa shape index (κ2) is 5.32. The maximum absolute atomic E-state index is 13.1. The van der Waals surface area contributed by atoms with E-state index in [2.05, 4.69) is 9.55 Å². The average molecular weight is 304 g/mol. The van der Waals surface area contributed by atoms with E-state index in [4.69, 9.17) is 0 Å². The number of nitrogens with zero attached hydrogens (tertiary/aromatic N) is 2. The number of pyridine rings is 1. The zero-order valence-electron chi connectivity index (χ0n) is 12.2. The molecule has 0 unspecified atom stereocenters. The van der Waals surface area contributed by atoms with E-state index in [1.165, 1.54) is 12.1 Å². The van der Waals surface area contributed by atoms with Crippen LogP contribution in [0.2, 0.25) is 0 Å². The van der Waals surface area contributed by atoms with E-state index in [1.807, 2.05) is 30.3 Å². The van der Waals surface area contributed by atoms with Gasteiger partial charge in [0.2, 0.25) is 0 Å². The smallest absolute Gasteiger partial charge is 0.168 e. The number of rotatable bonds is 3. The highest BCUT2D eigenvalue weighted by Gasteiger charge is 2.11. The normalized spacial score (nSPS) is 11.2. The van der Waals surface area contributed by atoms with Crippen LogP contribution in [0.4, 0.5) is 4.39 Å². The minimum atomic E-state index is -0.242. The van der Waals surface area contributed by atoms with Gasteiger partial charge in [-0.1, -0.05) is 30.3 Å². The van der Waals surface area contributed by atoms with Crippen molar-refractivity contribution >= 4 is 28.1 Å². The van der Waals surface area contributed by atoms with Crippen LogP contribution in [0.1, 0.15) is 16.1 Å². The number of benzene rings is 2. The molecule has 23 heavy (non-hydrogen) atoms. The highest BCUT2D eigenvalue weighted by molar-refractivity contribution is 6.08. The highest BCUT2D eigenvalue weighted by atomic mass is 19.1. The Morgan fingerprint density at radius 1 is 1.00 bits per heavy atom. The lowest BCUT2D eigenvalue weighted by Crippen LogP contribution is -2.00. The van der Waals surface area contributed by atoms with Gasteiger partial charge < -0.3 is 4.57 Å². The van der Waals surface area contributed by atoms with Crippen molar-refractivity contribution in [2.45, 2.75) is 6.54 Å². The van der Waals surface area contributed by atoms with Crippen molar-refractivity contribution in [1.82, 2.24) is 9.55 Å². The van der Waals surface area contributed by atoms with Gasteiger partial charge in [-0.05, 0) is 29.8 Å². The third kappa shape index (κ3) is 2.28. The Balaban J connectivity index is 1.96. The molecule has 2 aromatic carbocycles. The Morgan fingerprint density at radius 2 is 1.78 bits per heavy atom. The molecule has 0 bridgehead atoms. The van der Waals surface area contributed by atoms with E-state index >= 15 is 0 Å². The lowest BCUT2D eigenvalue weighted by Gasteiger charge is -2.07. The van der Waals surface area contributed by atoms with Crippen LogP contribution < -0.4 is 0 Å². The molecule has 0 fully saturated rings. The number of fused-ring (bicyclic) bond motifs is 3. The first-order valence-electron chi connectivity index (χ1n) is 7.33. The Kier molecular flexibility index (Phi) is 3.15. The number of carbonyl (C=O) groups excluding carboxylic acids is 1. The van der Waals surface area contributed by atoms with Gasteiger partial charge in [0.15, 0.2) is 6.29 Å². The number of hydrogen-bond acceptors (Lipinski definition) is 2. The van der Waals surface area contributed by atoms with Crippen molar-refractivity contribution in [3.8, 4) is 0 Å². The van der Waals surface area contributed by atoms with Gasteiger partial charge in [0, 0.05) is 22.8 Å². The van der Waals surface area contributed by atoms with Crippen LogP contribution in [0.3, 0.4) is 0 Å². The molecule has 0 aliphatic heterocycles. The number of carbonyl (C=O) groups is 1. The minimum absolute atomic E-state index is 0.242. The molecule has 0 aliphatic rings. The van der Waals surface area contributed by atoms with Gasteiger partial charge in [-0.15, -0.1) is 0 Å². The fourth-order valence-corrected chi connectivity index (χ4v) is 2.97. The maximum Gasteiger partial charge on any atom is 0.168 e. The molecule has 3 nitrogen and oxygen atoms in total. The quantitative estimate of drug-likeness (QED) is 0.532. The fraction of sp³-hybridized carbons (Fsp3) is 0.0526. The molecule has 4 aromatic rings. The molecule has 0 saturated heterocycles. The Hall–Kier alpha value is -3.01. The van der Waals surface area contributed by atoms with Crippen LogP contribution >= 0.6 is 0 Å². The van der Waals surface area contributed by atoms with Crippen LogP contribution in [0, 0.1) is 5.82 Å². The summed E-state index contributed by atoms with van der Waals surface area (Å²) >= 11 is 0. The molecule has 4 heteroatoms. The van der Waals surface area contributed by atoms with Crippen molar-refractivity contribution in [3.63, 3.8) is 0 Å². The molecule has 112 valence electrons. The van der Waals surface area contributed by atoms with Crippen LogP contribution in [0.25, 0.3) is 21.8 Å². The molecule has 4 rings (SSSR count). The molecule has 2 heterocycles. The van der Waals surface area contributed by atoms with Gasteiger partial charge in [0.05, 0.1) is 11.7 Å². The first-order valence-corrected chi connectivity index (χ1v) is 7.33. The van der Waals surface area contributed by atoms with Crippen molar-refractivity contribution in [2.24, 2.45) is 0 Å². The SMILES string of the molecule is O=Cc1cc2c3ccccc3n(Cc3ccc(F)cc3)c2cn1.